The van der Waals surface area contributed by atoms with Gasteiger partial charge in [-0.25, -0.2) is 13.4 Å². The molecule has 1 aliphatic heterocycles. The van der Waals surface area contributed by atoms with E-state index < -0.39 is 9.84 Å². The Kier molecular flexibility index (Phi) is 2.79. The molecular formula is C9H15N3O2S. The Balaban J connectivity index is 2.18. The summed E-state index contributed by atoms with van der Waals surface area (Å²) in [4.78, 5) is 7.44. The summed E-state index contributed by atoms with van der Waals surface area (Å²) in [6.45, 7) is 3.57. The highest BCUT2D eigenvalue weighted by Crippen LogP contribution is 2.18. The van der Waals surface area contributed by atoms with E-state index in [0.29, 0.717) is 13.0 Å². The summed E-state index contributed by atoms with van der Waals surface area (Å²) in [7, 11) is -2.89. The lowest BCUT2D eigenvalue weighted by Gasteiger charge is -2.09. The van der Waals surface area contributed by atoms with Gasteiger partial charge < -0.3 is 10.3 Å². The van der Waals surface area contributed by atoms with Crippen LogP contribution in [0.3, 0.4) is 0 Å². The number of hydrogen-bond donors (Lipinski definition) is 2. The van der Waals surface area contributed by atoms with Crippen molar-refractivity contribution in [2.75, 3.05) is 12.3 Å². The number of H-pyrrole nitrogens is 1. The average Bonchev–Trinajstić information content (AvgIpc) is 2.55. The molecule has 0 aliphatic carbocycles. The van der Waals surface area contributed by atoms with Crippen LogP contribution in [0.2, 0.25) is 0 Å². The van der Waals surface area contributed by atoms with Crippen LogP contribution in [0, 0.1) is 0 Å². The van der Waals surface area contributed by atoms with Crippen molar-refractivity contribution in [2.24, 2.45) is 0 Å². The first-order valence-electron chi connectivity index (χ1n) is 5.08. The smallest absolute Gasteiger partial charge is 0.156 e. The van der Waals surface area contributed by atoms with Crippen LogP contribution in [-0.4, -0.2) is 30.7 Å². The first-order chi connectivity index (χ1) is 7.11. The van der Waals surface area contributed by atoms with Crippen LogP contribution in [0.5, 0.6) is 0 Å². The van der Waals surface area contributed by atoms with Gasteiger partial charge in [0.15, 0.2) is 9.84 Å². The molecule has 2 heterocycles. The van der Waals surface area contributed by atoms with Gasteiger partial charge in [0.2, 0.25) is 0 Å². The molecule has 15 heavy (non-hydrogen) atoms. The standard InChI is InChI=1S/C9H15N3O2S/c1-2-10-5-9-11-7-3-4-15(13,14)6-8(7)12-9/h10H,2-6H2,1H3,(H,11,12). The Morgan fingerprint density at radius 1 is 1.53 bits per heavy atom. The van der Waals surface area contributed by atoms with Gasteiger partial charge in [0.05, 0.1) is 29.4 Å². The number of nitrogens with zero attached hydrogens (tertiary/aromatic N) is 1. The first kappa shape index (κ1) is 10.6. The number of sulfone groups is 1. The van der Waals surface area contributed by atoms with Crippen molar-refractivity contribution in [3.8, 4) is 0 Å². The van der Waals surface area contributed by atoms with Gasteiger partial charge in [-0.15, -0.1) is 0 Å². The van der Waals surface area contributed by atoms with Gasteiger partial charge in [-0.2, -0.15) is 0 Å². The van der Waals surface area contributed by atoms with E-state index in [1.54, 1.807) is 0 Å². The van der Waals surface area contributed by atoms with Crippen molar-refractivity contribution in [2.45, 2.75) is 25.6 Å². The molecule has 0 atom stereocenters. The monoisotopic (exact) mass is 229 g/mol. The van der Waals surface area contributed by atoms with E-state index in [0.717, 1.165) is 23.8 Å². The topological polar surface area (TPSA) is 74.8 Å². The Labute approximate surface area is 89.2 Å². The predicted molar refractivity (Wildman–Crippen MR) is 57.2 cm³/mol. The van der Waals surface area contributed by atoms with E-state index in [9.17, 15) is 8.42 Å². The minimum atomic E-state index is -2.89. The summed E-state index contributed by atoms with van der Waals surface area (Å²) in [6.07, 6.45) is 0.542. The van der Waals surface area contributed by atoms with Gasteiger partial charge in [-0.05, 0) is 6.54 Å². The fraction of sp³-hybridized carbons (Fsp3) is 0.667. The van der Waals surface area contributed by atoms with Crippen LogP contribution in [0.4, 0.5) is 0 Å². The maximum absolute atomic E-state index is 11.4. The van der Waals surface area contributed by atoms with Crippen molar-refractivity contribution in [1.82, 2.24) is 15.3 Å². The zero-order valence-electron chi connectivity index (χ0n) is 8.71. The van der Waals surface area contributed by atoms with E-state index in [1.807, 2.05) is 6.92 Å². The summed E-state index contributed by atoms with van der Waals surface area (Å²) in [6, 6.07) is 0. The Morgan fingerprint density at radius 2 is 2.33 bits per heavy atom. The quantitative estimate of drug-likeness (QED) is 0.764. The second-order valence-corrected chi connectivity index (χ2v) is 5.92. The van der Waals surface area contributed by atoms with Crippen molar-refractivity contribution in [3.63, 3.8) is 0 Å². The van der Waals surface area contributed by atoms with Crippen molar-refractivity contribution in [1.29, 1.82) is 0 Å². The fourth-order valence-corrected chi connectivity index (χ4v) is 3.03. The third-order valence-corrected chi connectivity index (χ3v) is 4.02. The molecule has 0 spiro atoms. The lowest BCUT2D eigenvalue weighted by atomic mass is 10.3. The zero-order valence-corrected chi connectivity index (χ0v) is 9.52. The van der Waals surface area contributed by atoms with Gasteiger partial charge >= 0.3 is 0 Å². The van der Waals surface area contributed by atoms with Crippen LogP contribution in [-0.2, 0) is 28.6 Å². The lowest BCUT2D eigenvalue weighted by molar-refractivity contribution is 0.590. The number of nitrogens with one attached hydrogen (secondary N) is 2. The summed E-state index contributed by atoms with van der Waals surface area (Å²) in [5.41, 5.74) is 1.69. The second kappa shape index (κ2) is 3.94. The molecule has 0 amide bonds. The molecule has 2 N–H and O–H groups in total. The van der Waals surface area contributed by atoms with Crippen LogP contribution in [0.15, 0.2) is 0 Å². The van der Waals surface area contributed by atoms with Crippen LogP contribution in [0.25, 0.3) is 0 Å². The van der Waals surface area contributed by atoms with Gasteiger partial charge in [0.1, 0.15) is 5.82 Å². The summed E-state index contributed by atoms with van der Waals surface area (Å²) < 4.78 is 22.7. The molecule has 0 aromatic carbocycles. The van der Waals surface area contributed by atoms with Gasteiger partial charge in [-0.3, -0.25) is 0 Å². The van der Waals surface area contributed by atoms with Crippen LogP contribution < -0.4 is 5.32 Å². The van der Waals surface area contributed by atoms with Gasteiger partial charge in [0.25, 0.3) is 0 Å². The normalized spacial score (nSPS) is 18.7. The number of aromatic amines is 1. The number of aryl methyl sites for hydroxylation is 1. The highest BCUT2D eigenvalue weighted by Gasteiger charge is 2.24. The van der Waals surface area contributed by atoms with E-state index in [1.165, 1.54) is 0 Å². The Morgan fingerprint density at radius 3 is 3.07 bits per heavy atom. The van der Waals surface area contributed by atoms with E-state index in [2.05, 4.69) is 15.3 Å². The van der Waals surface area contributed by atoms with Gasteiger partial charge in [-0.1, -0.05) is 6.92 Å². The number of hydrogen-bond acceptors (Lipinski definition) is 4. The van der Waals surface area contributed by atoms with Gasteiger partial charge in [0, 0.05) is 6.42 Å². The molecule has 0 fully saturated rings. The Bertz CT molecular complexity index is 450. The summed E-state index contributed by atoms with van der Waals surface area (Å²) in [5.74, 6) is 1.17. The molecule has 1 aliphatic rings. The van der Waals surface area contributed by atoms with Crippen molar-refractivity contribution in [3.05, 3.63) is 17.2 Å². The average molecular weight is 229 g/mol. The number of imidazole rings is 1. The molecule has 0 saturated carbocycles. The highest BCUT2D eigenvalue weighted by molar-refractivity contribution is 7.90. The lowest BCUT2D eigenvalue weighted by Crippen LogP contribution is -2.18. The third kappa shape index (κ3) is 2.38. The molecule has 5 nitrogen and oxygen atoms in total. The largest absolute Gasteiger partial charge is 0.344 e. The minimum Gasteiger partial charge on any atom is -0.344 e. The molecule has 1 aromatic heterocycles. The third-order valence-electron chi connectivity index (χ3n) is 2.47. The minimum absolute atomic E-state index is 0.113. The molecule has 1 aromatic rings. The van der Waals surface area contributed by atoms with E-state index in [-0.39, 0.29) is 11.5 Å². The number of rotatable bonds is 3. The number of aromatic nitrogens is 2. The molecule has 0 radical (unpaired) electrons. The molecule has 6 heteroatoms. The molecular weight excluding hydrogens is 214 g/mol. The summed E-state index contributed by atoms with van der Waals surface area (Å²) in [5, 5.41) is 3.15. The fourth-order valence-electron chi connectivity index (χ4n) is 1.70. The predicted octanol–water partition coefficient (Wildman–Crippen LogP) is -0.00990. The zero-order chi connectivity index (χ0) is 10.9. The van der Waals surface area contributed by atoms with Crippen molar-refractivity contribution >= 4 is 9.84 Å². The first-order valence-corrected chi connectivity index (χ1v) is 6.90. The summed E-state index contributed by atoms with van der Waals surface area (Å²) >= 11 is 0. The molecule has 0 bridgehead atoms. The number of fused-ring (bicyclic) bond motifs is 1. The van der Waals surface area contributed by atoms with E-state index >= 15 is 0 Å². The molecule has 2 rings (SSSR count). The Hall–Kier alpha value is -0.880. The second-order valence-electron chi connectivity index (χ2n) is 3.73. The highest BCUT2D eigenvalue weighted by atomic mass is 32.2. The van der Waals surface area contributed by atoms with Crippen molar-refractivity contribution < 1.29 is 8.42 Å². The maximum Gasteiger partial charge on any atom is 0.156 e. The molecule has 84 valence electrons. The van der Waals surface area contributed by atoms with Crippen LogP contribution >= 0.6 is 0 Å². The van der Waals surface area contributed by atoms with Crippen LogP contribution in [0.1, 0.15) is 24.1 Å². The van der Waals surface area contributed by atoms with E-state index in [4.69, 9.17) is 0 Å². The SMILES string of the molecule is CCNCc1nc2c([nH]1)CS(=O)(=O)CC2. The molecule has 0 saturated heterocycles. The molecule has 0 unspecified atom stereocenters. The maximum atomic E-state index is 11.4.